The molecule has 3 heterocycles. The number of hydrogen-bond acceptors (Lipinski definition) is 6. The van der Waals surface area contributed by atoms with Gasteiger partial charge in [0.2, 0.25) is 0 Å². The van der Waals surface area contributed by atoms with E-state index in [9.17, 15) is 4.79 Å². The second kappa shape index (κ2) is 7.95. The van der Waals surface area contributed by atoms with Crippen molar-refractivity contribution in [3.63, 3.8) is 0 Å². The number of benzene rings is 1. The molecule has 3 aromatic heterocycles. The number of aromatic nitrogens is 3. The van der Waals surface area contributed by atoms with Crippen LogP contribution in [-0.4, -0.2) is 27.0 Å². The number of thiazole rings is 1. The van der Waals surface area contributed by atoms with E-state index in [2.05, 4.69) is 26.8 Å². The van der Waals surface area contributed by atoms with Gasteiger partial charge in [-0.15, -0.1) is 0 Å². The van der Waals surface area contributed by atoms with Gasteiger partial charge >= 0.3 is 0 Å². The molecule has 0 saturated carbocycles. The third kappa shape index (κ3) is 3.56. The third-order valence-corrected chi connectivity index (χ3v) is 5.41. The van der Waals surface area contributed by atoms with E-state index in [0.717, 1.165) is 46.9 Å². The number of carbonyl (C=O) groups is 1. The lowest BCUT2D eigenvalue weighted by Crippen LogP contribution is -2.11. The number of amides is 1. The fourth-order valence-electron chi connectivity index (χ4n) is 3.12. The number of rotatable bonds is 7. The monoisotopic (exact) mass is 395 g/mol. The van der Waals surface area contributed by atoms with Gasteiger partial charge in [-0.2, -0.15) is 0 Å². The second-order valence-corrected chi connectivity index (χ2v) is 7.37. The van der Waals surface area contributed by atoms with Gasteiger partial charge in [0.25, 0.3) is 5.91 Å². The lowest BCUT2D eigenvalue weighted by atomic mass is 10.2. The first-order valence-corrected chi connectivity index (χ1v) is 10.0. The van der Waals surface area contributed by atoms with Gasteiger partial charge in [0, 0.05) is 18.5 Å². The van der Waals surface area contributed by atoms with Crippen molar-refractivity contribution in [2.75, 3.05) is 11.9 Å². The van der Waals surface area contributed by atoms with Crippen molar-refractivity contribution >= 4 is 33.4 Å². The van der Waals surface area contributed by atoms with E-state index in [1.807, 2.05) is 30.3 Å². The van der Waals surface area contributed by atoms with E-state index < -0.39 is 0 Å². The van der Waals surface area contributed by atoms with Gasteiger partial charge < -0.3 is 14.7 Å². The fourth-order valence-corrected chi connectivity index (χ4v) is 3.90. The quantitative estimate of drug-likeness (QED) is 0.494. The highest BCUT2D eigenvalue weighted by Crippen LogP contribution is 2.29. The first-order chi connectivity index (χ1) is 13.7. The Labute approximate surface area is 166 Å². The Hall–Kier alpha value is -2.97. The second-order valence-electron chi connectivity index (χ2n) is 6.34. The zero-order chi connectivity index (χ0) is 19.5. The van der Waals surface area contributed by atoms with Crippen molar-refractivity contribution in [2.24, 2.45) is 5.73 Å². The molecule has 7 nitrogen and oxygen atoms in total. The lowest BCUT2D eigenvalue weighted by molar-refractivity contribution is 0.102. The molecule has 3 N–H and O–H groups in total. The standard InChI is InChI=1S/C20H21N5O2S/c1-2-18-23-14-11-13(6-7-15(14)25(18)9-4-8-21)19(26)24-20-22-12-17(28-20)16-5-3-10-27-16/h3,5-7,10-12H,2,4,8-9,21H2,1H3,(H,22,24,26). The predicted octanol–water partition coefficient (Wildman–Crippen LogP) is 3.92. The topological polar surface area (TPSA) is 99.0 Å². The maximum Gasteiger partial charge on any atom is 0.257 e. The van der Waals surface area contributed by atoms with Crippen LogP contribution in [0.15, 0.2) is 47.2 Å². The predicted molar refractivity (Wildman–Crippen MR) is 111 cm³/mol. The van der Waals surface area contributed by atoms with E-state index >= 15 is 0 Å². The Morgan fingerprint density at radius 1 is 1.36 bits per heavy atom. The van der Waals surface area contributed by atoms with Gasteiger partial charge in [0.05, 0.1) is 28.4 Å². The highest BCUT2D eigenvalue weighted by Gasteiger charge is 2.14. The molecule has 0 saturated heterocycles. The van der Waals surface area contributed by atoms with Crippen LogP contribution < -0.4 is 11.1 Å². The van der Waals surface area contributed by atoms with Crippen LogP contribution in [-0.2, 0) is 13.0 Å². The Kier molecular flexibility index (Phi) is 5.23. The van der Waals surface area contributed by atoms with Crippen LogP contribution in [0, 0.1) is 0 Å². The van der Waals surface area contributed by atoms with Gasteiger partial charge in [0.15, 0.2) is 5.13 Å². The summed E-state index contributed by atoms with van der Waals surface area (Å²) in [6.45, 7) is 3.54. The molecular formula is C20H21N5O2S. The minimum atomic E-state index is -0.211. The summed E-state index contributed by atoms with van der Waals surface area (Å²) in [6.07, 6.45) is 5.02. The number of fused-ring (bicyclic) bond motifs is 1. The Bertz CT molecular complexity index is 1100. The molecular weight excluding hydrogens is 374 g/mol. The Balaban J connectivity index is 1.56. The molecule has 0 fully saturated rings. The molecule has 1 aromatic carbocycles. The lowest BCUT2D eigenvalue weighted by Gasteiger charge is -2.07. The molecule has 144 valence electrons. The molecule has 1 amide bonds. The number of anilines is 1. The van der Waals surface area contributed by atoms with E-state index in [4.69, 9.17) is 10.2 Å². The third-order valence-electron chi connectivity index (χ3n) is 4.48. The highest BCUT2D eigenvalue weighted by molar-refractivity contribution is 7.19. The van der Waals surface area contributed by atoms with Crippen molar-refractivity contribution in [1.82, 2.24) is 14.5 Å². The maximum atomic E-state index is 12.7. The minimum Gasteiger partial charge on any atom is -0.463 e. The smallest absolute Gasteiger partial charge is 0.257 e. The number of nitrogens with one attached hydrogen (secondary N) is 1. The van der Waals surface area contributed by atoms with Gasteiger partial charge in [0.1, 0.15) is 11.6 Å². The van der Waals surface area contributed by atoms with Crippen LogP contribution in [0.2, 0.25) is 0 Å². The fraction of sp³-hybridized carbons (Fsp3) is 0.250. The van der Waals surface area contributed by atoms with Crippen molar-refractivity contribution < 1.29 is 9.21 Å². The molecule has 28 heavy (non-hydrogen) atoms. The molecule has 0 aliphatic rings. The number of nitrogens with two attached hydrogens (primary N) is 1. The van der Waals surface area contributed by atoms with Crippen molar-refractivity contribution in [3.8, 4) is 10.6 Å². The summed E-state index contributed by atoms with van der Waals surface area (Å²) in [5.41, 5.74) is 8.04. The molecule has 0 aliphatic heterocycles. The highest BCUT2D eigenvalue weighted by atomic mass is 32.1. The summed E-state index contributed by atoms with van der Waals surface area (Å²) in [6, 6.07) is 9.27. The molecule has 0 bridgehead atoms. The minimum absolute atomic E-state index is 0.211. The number of carbonyl (C=O) groups excluding carboxylic acids is 1. The summed E-state index contributed by atoms with van der Waals surface area (Å²) in [5.74, 6) is 1.52. The molecule has 0 unspecified atom stereocenters. The normalized spacial score (nSPS) is 11.2. The molecule has 8 heteroatoms. The number of nitrogens with zero attached hydrogens (tertiary/aromatic N) is 3. The number of furan rings is 1. The Morgan fingerprint density at radius 3 is 3.00 bits per heavy atom. The molecule has 0 aliphatic carbocycles. The van der Waals surface area contributed by atoms with Crippen LogP contribution in [0.5, 0.6) is 0 Å². The van der Waals surface area contributed by atoms with Crippen molar-refractivity contribution in [1.29, 1.82) is 0 Å². The van der Waals surface area contributed by atoms with E-state index in [1.54, 1.807) is 12.5 Å². The number of imidazole rings is 1. The molecule has 0 spiro atoms. The average Bonchev–Trinajstić information content (AvgIpc) is 3.44. The van der Waals surface area contributed by atoms with Crippen LogP contribution >= 0.6 is 11.3 Å². The first-order valence-electron chi connectivity index (χ1n) is 9.20. The number of hydrogen-bond donors (Lipinski definition) is 2. The summed E-state index contributed by atoms with van der Waals surface area (Å²) in [4.78, 5) is 22.5. The SMILES string of the molecule is CCc1nc2cc(C(=O)Nc3ncc(-c4ccco4)s3)ccc2n1CCCN. The van der Waals surface area contributed by atoms with Gasteiger partial charge in [-0.1, -0.05) is 18.3 Å². The average molecular weight is 395 g/mol. The van der Waals surface area contributed by atoms with Gasteiger partial charge in [-0.25, -0.2) is 9.97 Å². The van der Waals surface area contributed by atoms with E-state index in [0.29, 0.717) is 17.2 Å². The van der Waals surface area contributed by atoms with Crippen LogP contribution in [0.4, 0.5) is 5.13 Å². The largest absolute Gasteiger partial charge is 0.463 e. The van der Waals surface area contributed by atoms with Crippen LogP contribution in [0.3, 0.4) is 0 Å². The molecule has 4 rings (SSSR count). The maximum absolute atomic E-state index is 12.7. The van der Waals surface area contributed by atoms with Crippen molar-refractivity contribution in [3.05, 3.63) is 54.2 Å². The zero-order valence-corrected chi connectivity index (χ0v) is 16.3. The summed E-state index contributed by atoms with van der Waals surface area (Å²) in [7, 11) is 0. The number of aryl methyl sites for hydroxylation is 2. The van der Waals surface area contributed by atoms with Crippen LogP contribution in [0.1, 0.15) is 29.5 Å². The Morgan fingerprint density at radius 2 is 2.25 bits per heavy atom. The van der Waals surface area contributed by atoms with Crippen molar-refractivity contribution in [2.45, 2.75) is 26.3 Å². The molecule has 4 aromatic rings. The van der Waals surface area contributed by atoms with Gasteiger partial charge in [-0.3, -0.25) is 10.1 Å². The van der Waals surface area contributed by atoms with Crippen LogP contribution in [0.25, 0.3) is 21.7 Å². The molecule has 0 radical (unpaired) electrons. The van der Waals surface area contributed by atoms with Gasteiger partial charge in [-0.05, 0) is 43.3 Å². The summed E-state index contributed by atoms with van der Waals surface area (Å²) in [5, 5.41) is 3.38. The first kappa shape index (κ1) is 18.4. The summed E-state index contributed by atoms with van der Waals surface area (Å²) >= 11 is 1.37. The summed E-state index contributed by atoms with van der Waals surface area (Å²) < 4.78 is 7.54. The zero-order valence-electron chi connectivity index (χ0n) is 15.5. The molecule has 0 atom stereocenters. The van der Waals surface area contributed by atoms with E-state index in [-0.39, 0.29) is 5.91 Å². The van der Waals surface area contributed by atoms with E-state index in [1.165, 1.54) is 11.3 Å².